The van der Waals surface area contributed by atoms with E-state index in [0.29, 0.717) is 35.8 Å². The fraction of sp³-hybridized carbons (Fsp3) is 0.500. The summed E-state index contributed by atoms with van der Waals surface area (Å²) in [6.45, 7) is 3.94. The second-order valence-corrected chi connectivity index (χ2v) is 7.39. The molecule has 0 aromatic carbocycles. The van der Waals surface area contributed by atoms with Crippen LogP contribution in [0.2, 0.25) is 0 Å². The van der Waals surface area contributed by atoms with Crippen molar-refractivity contribution in [1.82, 2.24) is 19.4 Å². The number of nitrogens with two attached hydrogens (primary N) is 1. The summed E-state index contributed by atoms with van der Waals surface area (Å²) in [5, 5.41) is 3.75. The fourth-order valence-corrected chi connectivity index (χ4v) is 4.93. The van der Waals surface area contributed by atoms with E-state index < -0.39 is 10.0 Å². The van der Waals surface area contributed by atoms with Gasteiger partial charge in [-0.3, -0.25) is 9.97 Å². The quantitative estimate of drug-likeness (QED) is 0.887. The molecule has 2 aromatic heterocycles. The van der Waals surface area contributed by atoms with E-state index in [4.69, 9.17) is 10.3 Å². The molecule has 124 valence electrons. The van der Waals surface area contributed by atoms with Crippen molar-refractivity contribution in [2.75, 3.05) is 6.54 Å². The van der Waals surface area contributed by atoms with Crippen molar-refractivity contribution in [2.24, 2.45) is 5.73 Å². The summed E-state index contributed by atoms with van der Waals surface area (Å²) >= 11 is 0. The molecule has 1 fully saturated rings. The highest BCUT2D eigenvalue weighted by atomic mass is 32.2. The van der Waals surface area contributed by atoms with Gasteiger partial charge in [0.05, 0.1) is 23.6 Å². The number of aromatic nitrogens is 3. The predicted molar refractivity (Wildman–Crippen MR) is 81.8 cm³/mol. The Morgan fingerprint density at radius 2 is 2.17 bits per heavy atom. The van der Waals surface area contributed by atoms with Gasteiger partial charge in [0, 0.05) is 19.3 Å². The van der Waals surface area contributed by atoms with E-state index in [2.05, 4.69) is 15.1 Å². The molecule has 3 heterocycles. The zero-order chi connectivity index (χ0) is 16.6. The van der Waals surface area contributed by atoms with Gasteiger partial charge in [0.25, 0.3) is 0 Å². The van der Waals surface area contributed by atoms with Crippen LogP contribution >= 0.6 is 0 Å². The number of aryl methyl sites for hydroxylation is 2. The Hall–Kier alpha value is -1.84. The van der Waals surface area contributed by atoms with Crippen LogP contribution in [0.4, 0.5) is 0 Å². The number of rotatable bonds is 4. The predicted octanol–water partition coefficient (Wildman–Crippen LogP) is 1.07. The van der Waals surface area contributed by atoms with Gasteiger partial charge in [0.15, 0.2) is 5.76 Å². The molecule has 2 aromatic rings. The first-order chi connectivity index (χ1) is 10.9. The molecule has 0 aliphatic carbocycles. The Morgan fingerprint density at radius 3 is 2.83 bits per heavy atom. The molecule has 2 N–H and O–H groups in total. The van der Waals surface area contributed by atoms with E-state index in [9.17, 15) is 8.42 Å². The molecule has 0 spiro atoms. The largest absolute Gasteiger partial charge is 0.360 e. The van der Waals surface area contributed by atoms with Gasteiger partial charge >= 0.3 is 0 Å². The normalized spacial score (nSPS) is 19.3. The maximum absolute atomic E-state index is 13.0. The maximum Gasteiger partial charge on any atom is 0.249 e. The van der Waals surface area contributed by atoms with Crippen LogP contribution in [0.3, 0.4) is 0 Å². The lowest BCUT2D eigenvalue weighted by Crippen LogP contribution is -2.32. The number of hydrogen-bond donors (Lipinski definition) is 1. The highest BCUT2D eigenvalue weighted by Gasteiger charge is 2.40. The molecule has 0 bridgehead atoms. The average molecular weight is 337 g/mol. The maximum atomic E-state index is 13.0. The Labute approximate surface area is 134 Å². The van der Waals surface area contributed by atoms with Crippen LogP contribution in [0, 0.1) is 13.8 Å². The summed E-state index contributed by atoms with van der Waals surface area (Å²) in [7, 11) is -3.70. The Bertz CT molecular complexity index is 798. The Morgan fingerprint density at radius 1 is 1.39 bits per heavy atom. The summed E-state index contributed by atoms with van der Waals surface area (Å²) < 4.78 is 32.5. The highest BCUT2D eigenvalue weighted by molar-refractivity contribution is 7.89. The van der Waals surface area contributed by atoms with E-state index in [-0.39, 0.29) is 17.5 Å². The molecule has 8 nitrogen and oxygen atoms in total. The lowest BCUT2D eigenvalue weighted by Gasteiger charge is -2.23. The van der Waals surface area contributed by atoms with Gasteiger partial charge in [-0.25, -0.2) is 8.42 Å². The Kier molecular flexibility index (Phi) is 4.17. The molecule has 1 aliphatic heterocycles. The topological polar surface area (TPSA) is 115 Å². The molecule has 0 unspecified atom stereocenters. The first-order valence-electron chi connectivity index (χ1n) is 7.40. The van der Waals surface area contributed by atoms with Crippen LogP contribution in [0.5, 0.6) is 0 Å². The first kappa shape index (κ1) is 16.0. The molecular weight excluding hydrogens is 318 g/mol. The number of hydrogen-bond acceptors (Lipinski definition) is 7. The summed E-state index contributed by atoms with van der Waals surface area (Å²) in [5.74, 6) is 0.301. The zero-order valence-electron chi connectivity index (χ0n) is 13.1. The van der Waals surface area contributed by atoms with Gasteiger partial charge in [-0.2, -0.15) is 4.31 Å². The minimum absolute atomic E-state index is 0.146. The monoisotopic (exact) mass is 337 g/mol. The van der Waals surface area contributed by atoms with Crippen molar-refractivity contribution in [3.63, 3.8) is 0 Å². The summed E-state index contributed by atoms with van der Waals surface area (Å²) in [5.41, 5.74) is 7.24. The van der Waals surface area contributed by atoms with Gasteiger partial charge in [-0.15, -0.1) is 0 Å². The van der Waals surface area contributed by atoms with Gasteiger partial charge in [0.2, 0.25) is 10.0 Å². The van der Waals surface area contributed by atoms with Crippen LogP contribution in [0.25, 0.3) is 0 Å². The van der Waals surface area contributed by atoms with E-state index in [1.807, 2.05) is 0 Å². The van der Waals surface area contributed by atoms with Crippen LogP contribution in [0.1, 0.15) is 41.7 Å². The third-order valence-electron chi connectivity index (χ3n) is 3.99. The second-order valence-electron chi connectivity index (χ2n) is 5.57. The van der Waals surface area contributed by atoms with Crippen molar-refractivity contribution in [2.45, 2.75) is 44.2 Å². The average Bonchev–Trinajstić information content (AvgIpc) is 3.15. The van der Waals surface area contributed by atoms with E-state index in [1.165, 1.54) is 4.31 Å². The van der Waals surface area contributed by atoms with Crippen LogP contribution in [-0.2, 0) is 16.6 Å². The van der Waals surface area contributed by atoms with E-state index in [0.717, 1.165) is 6.42 Å². The smallest absolute Gasteiger partial charge is 0.249 e. The standard InChI is InChI=1S/C14H19N5O3S/c1-9-14(10(2)22-18-9)23(20,21)19-5-3-4-13(19)12-8-16-7-11(6-15)17-12/h7-8,13H,3-6,15H2,1-2H3/t13-/m0/s1. The molecule has 1 atom stereocenters. The van der Waals surface area contributed by atoms with Gasteiger partial charge in [-0.1, -0.05) is 5.16 Å². The molecule has 1 saturated heterocycles. The van der Waals surface area contributed by atoms with Crippen molar-refractivity contribution >= 4 is 10.0 Å². The number of sulfonamides is 1. The minimum atomic E-state index is -3.70. The van der Waals surface area contributed by atoms with Crippen LogP contribution in [0.15, 0.2) is 21.8 Å². The van der Waals surface area contributed by atoms with E-state index in [1.54, 1.807) is 26.2 Å². The molecule has 0 saturated carbocycles. The first-order valence-corrected chi connectivity index (χ1v) is 8.84. The molecular formula is C14H19N5O3S. The zero-order valence-corrected chi connectivity index (χ0v) is 13.9. The summed E-state index contributed by atoms with van der Waals surface area (Å²) in [4.78, 5) is 8.70. The third-order valence-corrected chi connectivity index (χ3v) is 6.15. The van der Waals surface area contributed by atoms with E-state index >= 15 is 0 Å². The SMILES string of the molecule is Cc1noc(C)c1S(=O)(=O)N1CCC[C@H]1c1cncc(CN)n1. The van der Waals surface area contributed by atoms with Crippen molar-refractivity contribution < 1.29 is 12.9 Å². The minimum Gasteiger partial charge on any atom is -0.360 e. The number of nitrogens with zero attached hydrogens (tertiary/aromatic N) is 4. The molecule has 0 radical (unpaired) electrons. The molecule has 1 aliphatic rings. The Balaban J connectivity index is 2.01. The van der Waals surface area contributed by atoms with Crippen molar-refractivity contribution in [1.29, 1.82) is 0 Å². The highest BCUT2D eigenvalue weighted by Crippen LogP contribution is 2.37. The van der Waals surface area contributed by atoms with Crippen molar-refractivity contribution in [3.8, 4) is 0 Å². The fourth-order valence-electron chi connectivity index (χ4n) is 2.97. The van der Waals surface area contributed by atoms with Crippen molar-refractivity contribution in [3.05, 3.63) is 35.2 Å². The second kappa shape index (κ2) is 5.99. The van der Waals surface area contributed by atoms with Gasteiger partial charge in [-0.05, 0) is 26.7 Å². The molecule has 0 amide bonds. The molecule has 23 heavy (non-hydrogen) atoms. The van der Waals surface area contributed by atoms with Crippen LogP contribution in [-0.4, -0.2) is 34.4 Å². The van der Waals surface area contributed by atoms with Gasteiger partial charge < -0.3 is 10.3 Å². The molecule has 9 heteroatoms. The third kappa shape index (κ3) is 2.75. The lowest BCUT2D eigenvalue weighted by molar-refractivity contribution is 0.380. The van der Waals surface area contributed by atoms with Crippen LogP contribution < -0.4 is 5.73 Å². The van der Waals surface area contributed by atoms with Gasteiger partial charge in [0.1, 0.15) is 10.6 Å². The summed E-state index contributed by atoms with van der Waals surface area (Å²) in [6.07, 6.45) is 4.66. The molecule has 3 rings (SSSR count). The lowest BCUT2D eigenvalue weighted by atomic mass is 10.2. The summed E-state index contributed by atoms with van der Waals surface area (Å²) in [6, 6.07) is -0.340.